The Bertz CT molecular complexity index is 441. The first-order valence-electron chi connectivity index (χ1n) is 8.25. The molecule has 0 aliphatic heterocycles. The lowest BCUT2D eigenvalue weighted by molar-refractivity contribution is 0.247. The van der Waals surface area contributed by atoms with Crippen molar-refractivity contribution in [3.8, 4) is 5.75 Å². The van der Waals surface area contributed by atoms with Gasteiger partial charge in [0, 0.05) is 0 Å². The summed E-state index contributed by atoms with van der Waals surface area (Å²) in [6, 6.07) is 6.54. The van der Waals surface area contributed by atoms with Crippen molar-refractivity contribution < 1.29 is 4.74 Å². The molecule has 0 saturated heterocycles. The monoisotopic (exact) mass is 353 g/mol. The van der Waals surface area contributed by atoms with Gasteiger partial charge in [0.1, 0.15) is 5.75 Å². The van der Waals surface area contributed by atoms with E-state index in [1.165, 1.54) is 50.5 Å². The zero-order valence-electron chi connectivity index (χ0n) is 13.4. The molecule has 2 rings (SSSR count). The standard InChI is InChI=1S/C18H28BrNO/c1-3-21-17-7-6-15(14-16(17)19)8-11-18(12-13-20-2)9-4-5-10-18/h6-7,14,20H,3-5,8-13H2,1-2H3. The van der Waals surface area contributed by atoms with Crippen LogP contribution in [-0.4, -0.2) is 20.2 Å². The average Bonchev–Trinajstić information content (AvgIpc) is 2.95. The van der Waals surface area contributed by atoms with Crippen molar-refractivity contribution in [2.75, 3.05) is 20.2 Å². The van der Waals surface area contributed by atoms with Gasteiger partial charge in [-0.25, -0.2) is 0 Å². The maximum Gasteiger partial charge on any atom is 0.133 e. The lowest BCUT2D eigenvalue weighted by Crippen LogP contribution is -2.23. The highest BCUT2D eigenvalue weighted by Gasteiger charge is 2.32. The maximum absolute atomic E-state index is 5.59. The van der Waals surface area contributed by atoms with Crippen LogP contribution < -0.4 is 10.1 Å². The smallest absolute Gasteiger partial charge is 0.133 e. The van der Waals surface area contributed by atoms with E-state index in [9.17, 15) is 0 Å². The molecule has 0 radical (unpaired) electrons. The van der Waals surface area contributed by atoms with Gasteiger partial charge in [0.25, 0.3) is 0 Å². The van der Waals surface area contributed by atoms with Crippen molar-refractivity contribution in [2.24, 2.45) is 5.41 Å². The Labute approximate surface area is 137 Å². The van der Waals surface area contributed by atoms with Crippen molar-refractivity contribution in [2.45, 2.75) is 51.9 Å². The molecule has 0 amide bonds. The zero-order valence-corrected chi connectivity index (χ0v) is 15.0. The Morgan fingerprint density at radius 2 is 2.00 bits per heavy atom. The van der Waals surface area contributed by atoms with Crippen LogP contribution in [0.1, 0.15) is 51.0 Å². The van der Waals surface area contributed by atoms with E-state index in [2.05, 4.69) is 46.5 Å². The minimum Gasteiger partial charge on any atom is -0.493 e. The van der Waals surface area contributed by atoms with Crippen LogP contribution in [0.5, 0.6) is 5.75 Å². The first-order chi connectivity index (χ1) is 10.2. The highest BCUT2D eigenvalue weighted by Crippen LogP contribution is 2.44. The van der Waals surface area contributed by atoms with E-state index in [-0.39, 0.29) is 0 Å². The number of hydrogen-bond acceptors (Lipinski definition) is 2. The van der Waals surface area contributed by atoms with Gasteiger partial charge in [-0.1, -0.05) is 18.9 Å². The van der Waals surface area contributed by atoms with E-state index in [1.54, 1.807) is 0 Å². The Morgan fingerprint density at radius 1 is 1.24 bits per heavy atom. The predicted octanol–water partition coefficient (Wildman–Crippen LogP) is 4.95. The van der Waals surface area contributed by atoms with Crippen molar-refractivity contribution in [1.82, 2.24) is 5.32 Å². The second-order valence-corrected chi connectivity index (χ2v) is 7.11. The molecule has 0 heterocycles. The maximum atomic E-state index is 5.59. The summed E-state index contributed by atoms with van der Waals surface area (Å²) in [5.74, 6) is 0.951. The summed E-state index contributed by atoms with van der Waals surface area (Å²) in [5.41, 5.74) is 2.00. The van der Waals surface area contributed by atoms with E-state index < -0.39 is 0 Å². The molecule has 21 heavy (non-hydrogen) atoms. The molecule has 1 aromatic rings. The molecule has 0 bridgehead atoms. The van der Waals surface area contributed by atoms with Crippen LogP contribution in [0.25, 0.3) is 0 Å². The summed E-state index contributed by atoms with van der Waals surface area (Å²) in [7, 11) is 2.06. The third-order valence-corrected chi connectivity index (χ3v) is 5.43. The number of hydrogen-bond donors (Lipinski definition) is 1. The summed E-state index contributed by atoms with van der Waals surface area (Å²) < 4.78 is 6.67. The van der Waals surface area contributed by atoms with Crippen LogP contribution in [0.3, 0.4) is 0 Å². The van der Waals surface area contributed by atoms with E-state index in [0.717, 1.165) is 16.8 Å². The Kier molecular flexibility index (Phi) is 6.56. The van der Waals surface area contributed by atoms with Crippen LogP contribution in [-0.2, 0) is 6.42 Å². The molecular weight excluding hydrogens is 326 g/mol. The highest BCUT2D eigenvalue weighted by atomic mass is 79.9. The number of aryl methyl sites for hydroxylation is 1. The number of halogens is 1. The van der Waals surface area contributed by atoms with Gasteiger partial charge in [0.15, 0.2) is 0 Å². The van der Waals surface area contributed by atoms with Crippen LogP contribution in [0.2, 0.25) is 0 Å². The van der Waals surface area contributed by atoms with E-state index in [1.807, 2.05) is 6.92 Å². The summed E-state index contributed by atoms with van der Waals surface area (Å²) in [6.45, 7) is 3.88. The normalized spacial score (nSPS) is 17.1. The minimum absolute atomic E-state index is 0.577. The summed E-state index contributed by atoms with van der Waals surface area (Å²) in [6.07, 6.45) is 9.46. The first-order valence-corrected chi connectivity index (χ1v) is 9.04. The van der Waals surface area contributed by atoms with E-state index >= 15 is 0 Å². The van der Waals surface area contributed by atoms with Gasteiger partial charge in [0.05, 0.1) is 11.1 Å². The first kappa shape index (κ1) is 16.8. The SMILES string of the molecule is CCOc1ccc(CCC2(CCNC)CCCC2)cc1Br. The number of nitrogens with one attached hydrogen (secondary N) is 1. The second-order valence-electron chi connectivity index (χ2n) is 6.26. The minimum atomic E-state index is 0.577. The lowest BCUT2D eigenvalue weighted by Gasteiger charge is -2.29. The molecule has 0 aromatic heterocycles. The van der Waals surface area contributed by atoms with Gasteiger partial charge < -0.3 is 10.1 Å². The largest absolute Gasteiger partial charge is 0.493 e. The molecule has 1 aliphatic rings. The fraction of sp³-hybridized carbons (Fsp3) is 0.667. The van der Waals surface area contributed by atoms with E-state index in [4.69, 9.17) is 4.74 Å². The molecule has 1 aliphatic carbocycles. The molecule has 0 atom stereocenters. The Balaban J connectivity index is 1.96. The number of benzene rings is 1. The Hall–Kier alpha value is -0.540. The molecule has 3 heteroatoms. The second kappa shape index (κ2) is 8.19. The molecule has 1 saturated carbocycles. The topological polar surface area (TPSA) is 21.3 Å². The van der Waals surface area contributed by atoms with Crippen LogP contribution in [0.4, 0.5) is 0 Å². The van der Waals surface area contributed by atoms with Gasteiger partial charge in [0.2, 0.25) is 0 Å². The average molecular weight is 354 g/mol. The van der Waals surface area contributed by atoms with Crippen molar-refractivity contribution in [3.05, 3.63) is 28.2 Å². The molecule has 118 valence electrons. The lowest BCUT2D eigenvalue weighted by atomic mass is 9.77. The summed E-state index contributed by atoms with van der Waals surface area (Å²) in [5, 5.41) is 3.32. The molecule has 1 N–H and O–H groups in total. The van der Waals surface area contributed by atoms with Gasteiger partial charge >= 0.3 is 0 Å². The third-order valence-electron chi connectivity index (χ3n) is 4.81. The van der Waals surface area contributed by atoms with Crippen LogP contribution >= 0.6 is 15.9 Å². The predicted molar refractivity (Wildman–Crippen MR) is 93.1 cm³/mol. The molecule has 2 nitrogen and oxygen atoms in total. The number of ether oxygens (including phenoxy) is 1. The van der Waals surface area contributed by atoms with Gasteiger partial charge in [-0.05, 0) is 91.7 Å². The van der Waals surface area contributed by atoms with Crippen LogP contribution in [0, 0.1) is 5.41 Å². The molecule has 0 unspecified atom stereocenters. The molecular formula is C18H28BrNO. The Morgan fingerprint density at radius 3 is 2.62 bits per heavy atom. The van der Waals surface area contributed by atoms with E-state index in [0.29, 0.717) is 12.0 Å². The van der Waals surface area contributed by atoms with Crippen LogP contribution in [0.15, 0.2) is 22.7 Å². The fourth-order valence-electron chi connectivity index (χ4n) is 3.52. The molecule has 1 fully saturated rings. The molecule has 1 aromatic carbocycles. The zero-order chi connectivity index (χ0) is 15.1. The fourth-order valence-corrected chi connectivity index (χ4v) is 4.06. The van der Waals surface area contributed by atoms with Crippen molar-refractivity contribution in [1.29, 1.82) is 0 Å². The van der Waals surface area contributed by atoms with Crippen molar-refractivity contribution in [3.63, 3.8) is 0 Å². The quantitative estimate of drug-likeness (QED) is 0.713. The van der Waals surface area contributed by atoms with Crippen molar-refractivity contribution >= 4 is 15.9 Å². The highest BCUT2D eigenvalue weighted by molar-refractivity contribution is 9.10. The molecule has 0 spiro atoms. The third kappa shape index (κ3) is 4.72. The summed E-state index contributed by atoms with van der Waals surface area (Å²) in [4.78, 5) is 0. The van der Waals surface area contributed by atoms with Gasteiger partial charge in [-0.15, -0.1) is 0 Å². The van der Waals surface area contributed by atoms with Gasteiger partial charge in [-0.3, -0.25) is 0 Å². The van der Waals surface area contributed by atoms with Gasteiger partial charge in [-0.2, -0.15) is 0 Å². The summed E-state index contributed by atoms with van der Waals surface area (Å²) >= 11 is 3.62. The number of rotatable bonds is 8.